The van der Waals surface area contributed by atoms with Crippen LogP contribution in [0.3, 0.4) is 0 Å². The van der Waals surface area contributed by atoms with Gasteiger partial charge >= 0.3 is 6.03 Å². The Balaban J connectivity index is 1.15. The molecule has 4 aromatic rings. The van der Waals surface area contributed by atoms with Gasteiger partial charge in [0.15, 0.2) is 5.82 Å². The minimum Gasteiger partial charge on any atom is -0.378 e. The topological polar surface area (TPSA) is 106 Å². The van der Waals surface area contributed by atoms with Gasteiger partial charge in [-0.15, -0.1) is 5.10 Å². The zero-order valence-corrected chi connectivity index (χ0v) is 20.0. The predicted octanol–water partition coefficient (Wildman–Crippen LogP) is 3.09. The molecule has 2 aliphatic heterocycles. The van der Waals surface area contributed by atoms with Gasteiger partial charge < -0.3 is 25.0 Å². The summed E-state index contributed by atoms with van der Waals surface area (Å²) in [7, 11) is 4.00. The Kier molecular flexibility index (Phi) is 5.74. The first kappa shape index (κ1) is 22.4. The molecule has 0 aliphatic carbocycles. The number of nitrogens with one attached hydrogen (secondary N) is 2. The monoisotopic (exact) mass is 485 g/mol. The van der Waals surface area contributed by atoms with Gasteiger partial charge in [0, 0.05) is 30.7 Å². The van der Waals surface area contributed by atoms with Crippen LogP contribution in [0.4, 0.5) is 16.2 Å². The van der Waals surface area contributed by atoms with Crippen molar-refractivity contribution in [3.63, 3.8) is 0 Å². The van der Waals surface area contributed by atoms with Gasteiger partial charge in [-0.05, 0) is 46.1 Å². The fourth-order valence-electron chi connectivity index (χ4n) is 4.99. The van der Waals surface area contributed by atoms with Crippen LogP contribution in [-0.4, -0.2) is 71.8 Å². The second-order valence-corrected chi connectivity index (χ2v) is 9.28. The van der Waals surface area contributed by atoms with E-state index in [4.69, 9.17) is 9.47 Å². The summed E-state index contributed by atoms with van der Waals surface area (Å²) < 4.78 is 14.0. The number of anilines is 2. The molecule has 10 heteroatoms. The molecule has 3 aromatic carbocycles. The van der Waals surface area contributed by atoms with Crippen molar-refractivity contribution in [3.8, 4) is 11.4 Å². The molecule has 2 fully saturated rings. The molecule has 2 saturated heterocycles. The van der Waals surface area contributed by atoms with E-state index >= 15 is 0 Å². The Hall–Kier alpha value is -4.02. The SMILES string of the molecule is CN(C)c1ccc(-c2nnnn2[C@@H]2CO[C@@H]3[C@@H]2OC[C@@H]3NC(=O)Nc2cccc3ccccc23)cc1. The second-order valence-electron chi connectivity index (χ2n) is 9.28. The van der Waals surface area contributed by atoms with Gasteiger partial charge in [-0.2, -0.15) is 0 Å². The largest absolute Gasteiger partial charge is 0.378 e. The molecular formula is C26H27N7O3. The van der Waals surface area contributed by atoms with Crippen LogP contribution in [0, 0.1) is 0 Å². The highest BCUT2D eigenvalue weighted by atomic mass is 16.6. The molecular weight excluding hydrogens is 458 g/mol. The lowest BCUT2D eigenvalue weighted by atomic mass is 10.1. The molecule has 0 spiro atoms. The quantitative estimate of drug-likeness (QED) is 0.447. The van der Waals surface area contributed by atoms with Crippen molar-refractivity contribution in [2.75, 3.05) is 37.5 Å². The van der Waals surface area contributed by atoms with Gasteiger partial charge in [-0.1, -0.05) is 36.4 Å². The van der Waals surface area contributed by atoms with Crippen molar-refractivity contribution in [1.29, 1.82) is 0 Å². The van der Waals surface area contributed by atoms with Crippen LogP contribution in [-0.2, 0) is 9.47 Å². The third-order valence-electron chi connectivity index (χ3n) is 6.83. The Morgan fingerprint density at radius 1 is 0.972 bits per heavy atom. The maximum atomic E-state index is 12.9. The van der Waals surface area contributed by atoms with Crippen LogP contribution in [0.15, 0.2) is 66.7 Å². The first-order valence-electron chi connectivity index (χ1n) is 11.9. The molecule has 3 heterocycles. The number of ether oxygens (including phenoxy) is 2. The number of carbonyl (C=O) groups is 1. The van der Waals surface area contributed by atoms with Crippen LogP contribution in [0.25, 0.3) is 22.2 Å². The van der Waals surface area contributed by atoms with E-state index in [1.54, 1.807) is 4.68 Å². The molecule has 1 aromatic heterocycles. The normalized spacial score (nSPS) is 22.9. The molecule has 4 atom stereocenters. The first-order valence-corrected chi connectivity index (χ1v) is 11.9. The summed E-state index contributed by atoms with van der Waals surface area (Å²) in [6.45, 7) is 0.746. The minimum absolute atomic E-state index is 0.193. The molecule has 36 heavy (non-hydrogen) atoms. The lowest BCUT2D eigenvalue weighted by Crippen LogP contribution is -2.45. The molecule has 2 aliphatic rings. The van der Waals surface area contributed by atoms with E-state index < -0.39 is 0 Å². The van der Waals surface area contributed by atoms with E-state index in [1.165, 1.54) is 0 Å². The van der Waals surface area contributed by atoms with Crippen LogP contribution in [0.2, 0.25) is 0 Å². The maximum absolute atomic E-state index is 12.9. The summed E-state index contributed by atoms with van der Waals surface area (Å²) in [6.07, 6.45) is -0.558. The predicted molar refractivity (Wildman–Crippen MR) is 136 cm³/mol. The number of aromatic nitrogens is 4. The Bertz CT molecular complexity index is 1380. The van der Waals surface area contributed by atoms with Gasteiger partial charge in [-0.3, -0.25) is 0 Å². The zero-order valence-electron chi connectivity index (χ0n) is 20.0. The molecule has 0 unspecified atom stereocenters. The van der Waals surface area contributed by atoms with Crippen LogP contribution < -0.4 is 15.5 Å². The van der Waals surface area contributed by atoms with Crippen molar-refractivity contribution in [2.45, 2.75) is 24.3 Å². The number of amides is 2. The fraction of sp³-hybridized carbons (Fsp3) is 0.308. The number of hydrogen-bond acceptors (Lipinski definition) is 7. The van der Waals surface area contributed by atoms with Crippen molar-refractivity contribution in [2.24, 2.45) is 0 Å². The van der Waals surface area contributed by atoms with E-state index in [9.17, 15) is 4.79 Å². The number of urea groups is 1. The molecule has 6 rings (SSSR count). The Labute approximate surface area is 208 Å². The van der Waals surface area contributed by atoms with Crippen molar-refractivity contribution in [3.05, 3.63) is 66.7 Å². The number of carbonyl (C=O) groups excluding carboxylic acids is 1. The molecule has 184 valence electrons. The lowest BCUT2D eigenvalue weighted by molar-refractivity contribution is 0.0624. The van der Waals surface area contributed by atoms with Crippen LogP contribution >= 0.6 is 0 Å². The Morgan fingerprint density at radius 2 is 1.75 bits per heavy atom. The van der Waals surface area contributed by atoms with E-state index in [-0.39, 0.29) is 30.3 Å². The highest BCUT2D eigenvalue weighted by molar-refractivity contribution is 6.01. The van der Waals surface area contributed by atoms with Gasteiger partial charge in [0.05, 0.1) is 24.9 Å². The van der Waals surface area contributed by atoms with Crippen molar-refractivity contribution in [1.82, 2.24) is 25.5 Å². The second kappa shape index (κ2) is 9.21. The number of rotatable bonds is 5. The highest BCUT2D eigenvalue weighted by Crippen LogP contribution is 2.36. The number of fused-ring (bicyclic) bond motifs is 2. The van der Waals surface area contributed by atoms with Gasteiger partial charge in [0.25, 0.3) is 0 Å². The van der Waals surface area contributed by atoms with Gasteiger partial charge in [0.2, 0.25) is 0 Å². The number of benzene rings is 3. The number of nitrogens with zero attached hydrogens (tertiary/aromatic N) is 5. The molecule has 2 N–H and O–H groups in total. The molecule has 0 bridgehead atoms. The minimum atomic E-state index is -0.295. The molecule has 0 saturated carbocycles. The van der Waals surface area contributed by atoms with Crippen molar-refractivity contribution >= 4 is 28.2 Å². The standard InChI is InChI=1S/C26H27N7O3/c1-32(2)18-12-10-17(11-13-18)25-29-30-31-33(25)22-15-36-23-21(14-35-24(22)23)28-26(34)27-20-9-5-7-16-6-3-4-8-19(16)20/h3-13,21-24H,14-15H2,1-2H3,(H2,27,28,34)/t21-,22+,23-,24+/m0/s1. The summed E-state index contributed by atoms with van der Waals surface area (Å²) in [4.78, 5) is 14.9. The molecule has 10 nitrogen and oxygen atoms in total. The lowest BCUT2D eigenvalue weighted by Gasteiger charge is -2.19. The summed E-state index contributed by atoms with van der Waals surface area (Å²) in [6, 6.07) is 21.1. The first-order chi connectivity index (χ1) is 17.6. The summed E-state index contributed by atoms with van der Waals surface area (Å²) in [5, 5.41) is 20.5. The Morgan fingerprint density at radius 3 is 2.58 bits per heavy atom. The summed E-state index contributed by atoms with van der Waals surface area (Å²) in [5.74, 6) is 0.656. The van der Waals surface area contributed by atoms with Crippen LogP contribution in [0.1, 0.15) is 6.04 Å². The molecule has 2 amide bonds. The summed E-state index contributed by atoms with van der Waals surface area (Å²) in [5.41, 5.74) is 2.76. The van der Waals surface area contributed by atoms with Gasteiger partial charge in [0.1, 0.15) is 18.2 Å². The zero-order chi connectivity index (χ0) is 24.6. The number of hydrogen-bond donors (Lipinski definition) is 2. The number of tetrazole rings is 1. The highest BCUT2D eigenvalue weighted by Gasteiger charge is 2.50. The third-order valence-corrected chi connectivity index (χ3v) is 6.83. The fourth-order valence-corrected chi connectivity index (χ4v) is 4.99. The average molecular weight is 486 g/mol. The molecule has 0 radical (unpaired) electrons. The van der Waals surface area contributed by atoms with E-state index in [0.29, 0.717) is 19.0 Å². The average Bonchev–Trinajstić information content (AvgIpc) is 3.62. The van der Waals surface area contributed by atoms with E-state index in [0.717, 1.165) is 27.7 Å². The smallest absolute Gasteiger partial charge is 0.319 e. The van der Waals surface area contributed by atoms with Crippen LogP contribution in [0.5, 0.6) is 0 Å². The van der Waals surface area contributed by atoms with E-state index in [1.807, 2.05) is 85.7 Å². The van der Waals surface area contributed by atoms with E-state index in [2.05, 4.69) is 26.2 Å². The van der Waals surface area contributed by atoms with Gasteiger partial charge in [-0.25, -0.2) is 9.48 Å². The summed E-state index contributed by atoms with van der Waals surface area (Å²) >= 11 is 0. The maximum Gasteiger partial charge on any atom is 0.319 e. The third kappa shape index (κ3) is 4.04. The van der Waals surface area contributed by atoms with Crippen molar-refractivity contribution < 1.29 is 14.3 Å².